The van der Waals surface area contributed by atoms with E-state index in [2.05, 4.69) is 5.32 Å². The van der Waals surface area contributed by atoms with Crippen LogP contribution in [0.15, 0.2) is 42.5 Å². The zero-order valence-corrected chi connectivity index (χ0v) is 12.9. The Labute approximate surface area is 129 Å². The summed E-state index contributed by atoms with van der Waals surface area (Å²) in [6.45, 7) is 4.77. The van der Waals surface area contributed by atoms with Crippen LogP contribution in [0.1, 0.15) is 25.5 Å². The Kier molecular flexibility index (Phi) is 3.93. The maximum atomic E-state index is 6.03. The Hall–Kier alpha value is -1.87. The van der Waals surface area contributed by atoms with Gasteiger partial charge in [-0.05, 0) is 43.7 Å². The third-order valence-electron chi connectivity index (χ3n) is 3.31. The second kappa shape index (κ2) is 5.86. The number of anilines is 1. The van der Waals surface area contributed by atoms with Gasteiger partial charge in [0.05, 0.1) is 18.3 Å². The molecule has 3 nitrogen and oxygen atoms in total. The Bertz CT molecular complexity index is 625. The van der Waals surface area contributed by atoms with Crippen LogP contribution in [0.25, 0.3) is 0 Å². The van der Waals surface area contributed by atoms with Crippen LogP contribution in [0.4, 0.5) is 5.69 Å². The van der Waals surface area contributed by atoms with Crippen molar-refractivity contribution in [1.29, 1.82) is 0 Å². The fourth-order valence-corrected chi connectivity index (χ4v) is 2.52. The van der Waals surface area contributed by atoms with Crippen LogP contribution < -0.4 is 14.8 Å². The lowest BCUT2D eigenvalue weighted by atomic mass is 10.1. The highest BCUT2D eigenvalue weighted by Gasteiger charge is 2.21. The monoisotopic (exact) mass is 303 g/mol. The van der Waals surface area contributed by atoms with Crippen LogP contribution in [0.3, 0.4) is 0 Å². The molecule has 4 heteroatoms. The lowest BCUT2D eigenvalue weighted by Gasteiger charge is -2.28. The molecule has 1 heterocycles. The van der Waals surface area contributed by atoms with Gasteiger partial charge in [-0.3, -0.25) is 0 Å². The molecule has 1 atom stereocenters. The van der Waals surface area contributed by atoms with Crippen LogP contribution >= 0.6 is 11.6 Å². The van der Waals surface area contributed by atoms with Crippen molar-refractivity contribution in [3.8, 4) is 11.5 Å². The molecule has 0 radical (unpaired) electrons. The fourth-order valence-electron chi connectivity index (χ4n) is 2.36. The van der Waals surface area contributed by atoms with Gasteiger partial charge in [0, 0.05) is 11.1 Å². The van der Waals surface area contributed by atoms with Crippen molar-refractivity contribution in [3.63, 3.8) is 0 Å². The minimum Gasteiger partial charge on any atom is -0.491 e. The van der Waals surface area contributed by atoms with Crippen molar-refractivity contribution in [3.05, 3.63) is 53.1 Å². The molecule has 0 saturated heterocycles. The van der Waals surface area contributed by atoms with Gasteiger partial charge in [0.15, 0.2) is 0 Å². The molecule has 2 aromatic carbocycles. The molecule has 1 N–H and O–H groups in total. The Morgan fingerprint density at radius 1 is 1.19 bits per heavy atom. The summed E-state index contributed by atoms with van der Waals surface area (Å²) >= 11 is 6.02. The van der Waals surface area contributed by atoms with Crippen molar-refractivity contribution < 1.29 is 9.47 Å². The van der Waals surface area contributed by atoms with Gasteiger partial charge in [-0.15, -0.1) is 0 Å². The molecule has 2 aromatic rings. The molecule has 0 amide bonds. The summed E-state index contributed by atoms with van der Waals surface area (Å²) in [5.74, 6) is 1.67. The molecular formula is C17H18ClNO2. The van der Waals surface area contributed by atoms with E-state index in [1.54, 1.807) is 0 Å². The van der Waals surface area contributed by atoms with Gasteiger partial charge in [0.2, 0.25) is 0 Å². The van der Waals surface area contributed by atoms with E-state index in [-0.39, 0.29) is 12.2 Å². The standard InChI is InChI=1S/C17H18ClNO2/c1-11(2)20-14-6-3-12(4-7-14)17-10-19-15-8-5-13(18)9-16(15)21-17/h3-9,11,17,19H,10H2,1-2H3. The number of halogens is 1. The summed E-state index contributed by atoms with van der Waals surface area (Å²) in [7, 11) is 0. The van der Waals surface area contributed by atoms with Crippen molar-refractivity contribution in [2.45, 2.75) is 26.1 Å². The zero-order valence-electron chi connectivity index (χ0n) is 12.1. The predicted molar refractivity (Wildman–Crippen MR) is 85.5 cm³/mol. The molecule has 0 spiro atoms. The molecule has 1 unspecified atom stereocenters. The third kappa shape index (κ3) is 3.24. The van der Waals surface area contributed by atoms with Crippen LogP contribution in [0.5, 0.6) is 11.5 Å². The molecule has 110 valence electrons. The number of rotatable bonds is 3. The molecular weight excluding hydrogens is 286 g/mol. The number of ether oxygens (including phenoxy) is 2. The van der Waals surface area contributed by atoms with Crippen molar-refractivity contribution in [2.75, 3.05) is 11.9 Å². The minimum absolute atomic E-state index is 0.0240. The first-order valence-electron chi connectivity index (χ1n) is 7.08. The summed E-state index contributed by atoms with van der Waals surface area (Å²) in [6.07, 6.45) is 0.154. The number of fused-ring (bicyclic) bond motifs is 1. The van der Waals surface area contributed by atoms with E-state index in [0.29, 0.717) is 5.02 Å². The van der Waals surface area contributed by atoms with Gasteiger partial charge >= 0.3 is 0 Å². The lowest BCUT2D eigenvalue weighted by molar-refractivity contribution is 0.210. The average Bonchev–Trinajstić information content (AvgIpc) is 2.46. The lowest BCUT2D eigenvalue weighted by Crippen LogP contribution is -2.23. The molecule has 0 saturated carbocycles. The van der Waals surface area contributed by atoms with Gasteiger partial charge < -0.3 is 14.8 Å². The van der Waals surface area contributed by atoms with E-state index in [9.17, 15) is 0 Å². The van der Waals surface area contributed by atoms with Crippen LogP contribution in [0.2, 0.25) is 5.02 Å². The maximum absolute atomic E-state index is 6.03. The van der Waals surface area contributed by atoms with Gasteiger partial charge in [-0.25, -0.2) is 0 Å². The average molecular weight is 304 g/mol. The smallest absolute Gasteiger partial charge is 0.144 e. The van der Waals surface area contributed by atoms with E-state index >= 15 is 0 Å². The summed E-state index contributed by atoms with van der Waals surface area (Å²) < 4.78 is 11.7. The summed E-state index contributed by atoms with van der Waals surface area (Å²) in [6, 6.07) is 13.7. The highest BCUT2D eigenvalue weighted by molar-refractivity contribution is 6.30. The molecule has 0 bridgehead atoms. The van der Waals surface area contributed by atoms with Crippen LogP contribution in [-0.2, 0) is 0 Å². The maximum Gasteiger partial charge on any atom is 0.144 e. The Morgan fingerprint density at radius 3 is 2.67 bits per heavy atom. The predicted octanol–water partition coefficient (Wildman–Crippen LogP) is 4.67. The topological polar surface area (TPSA) is 30.5 Å². The van der Waals surface area contributed by atoms with E-state index in [0.717, 1.165) is 29.3 Å². The Morgan fingerprint density at radius 2 is 1.95 bits per heavy atom. The second-order valence-electron chi connectivity index (χ2n) is 5.36. The highest BCUT2D eigenvalue weighted by Crippen LogP contribution is 2.36. The molecule has 0 aliphatic carbocycles. The first kappa shape index (κ1) is 14.1. The first-order valence-corrected chi connectivity index (χ1v) is 7.46. The Balaban J connectivity index is 1.76. The van der Waals surface area contributed by atoms with E-state index in [1.165, 1.54) is 0 Å². The fraction of sp³-hybridized carbons (Fsp3) is 0.294. The largest absolute Gasteiger partial charge is 0.491 e. The normalized spacial score (nSPS) is 16.9. The minimum atomic E-state index is -0.0240. The van der Waals surface area contributed by atoms with Gasteiger partial charge in [-0.1, -0.05) is 23.7 Å². The third-order valence-corrected chi connectivity index (χ3v) is 3.55. The molecule has 1 aliphatic heterocycles. The summed E-state index contributed by atoms with van der Waals surface area (Å²) in [4.78, 5) is 0. The van der Waals surface area contributed by atoms with Crippen LogP contribution in [0, 0.1) is 0 Å². The second-order valence-corrected chi connectivity index (χ2v) is 5.80. The molecule has 21 heavy (non-hydrogen) atoms. The number of hydrogen-bond donors (Lipinski definition) is 1. The molecule has 0 fully saturated rings. The molecule has 3 rings (SSSR count). The van der Waals surface area contributed by atoms with E-state index in [1.807, 2.05) is 56.3 Å². The van der Waals surface area contributed by atoms with Gasteiger partial charge in [0.25, 0.3) is 0 Å². The van der Waals surface area contributed by atoms with Gasteiger partial charge in [-0.2, -0.15) is 0 Å². The van der Waals surface area contributed by atoms with Crippen molar-refractivity contribution in [1.82, 2.24) is 0 Å². The zero-order chi connectivity index (χ0) is 14.8. The summed E-state index contributed by atoms with van der Waals surface area (Å²) in [5, 5.41) is 4.05. The SMILES string of the molecule is CC(C)Oc1ccc(C2CNc3ccc(Cl)cc3O2)cc1. The molecule has 0 aromatic heterocycles. The number of hydrogen-bond acceptors (Lipinski definition) is 3. The van der Waals surface area contributed by atoms with Crippen molar-refractivity contribution >= 4 is 17.3 Å². The number of nitrogens with one attached hydrogen (secondary N) is 1. The van der Waals surface area contributed by atoms with E-state index < -0.39 is 0 Å². The molecule has 1 aliphatic rings. The highest BCUT2D eigenvalue weighted by atomic mass is 35.5. The van der Waals surface area contributed by atoms with Crippen molar-refractivity contribution in [2.24, 2.45) is 0 Å². The quantitative estimate of drug-likeness (QED) is 0.893. The van der Waals surface area contributed by atoms with E-state index in [4.69, 9.17) is 21.1 Å². The van der Waals surface area contributed by atoms with Gasteiger partial charge in [0.1, 0.15) is 17.6 Å². The summed E-state index contributed by atoms with van der Waals surface area (Å²) in [5.41, 5.74) is 2.10. The first-order chi connectivity index (χ1) is 10.1. The number of benzene rings is 2. The van der Waals surface area contributed by atoms with Crippen LogP contribution in [-0.4, -0.2) is 12.6 Å².